The van der Waals surface area contributed by atoms with E-state index in [1.165, 1.54) is 35.1 Å². The SMILES string of the molecule is CC1CCCN(C(N)=NCc2ccccc2-c2ccc(Cn3ccnc3)cc2)C1.I. The molecule has 1 fully saturated rings. The van der Waals surface area contributed by atoms with Crippen LogP contribution in [0.2, 0.25) is 0 Å². The highest BCUT2D eigenvalue weighted by Gasteiger charge is 2.17. The molecule has 0 amide bonds. The molecule has 3 aromatic rings. The Balaban J connectivity index is 0.00000256. The molecule has 2 aromatic carbocycles. The van der Waals surface area contributed by atoms with Gasteiger partial charge in [0, 0.05) is 32.0 Å². The van der Waals surface area contributed by atoms with Gasteiger partial charge in [-0.1, -0.05) is 55.5 Å². The van der Waals surface area contributed by atoms with Gasteiger partial charge in [-0.3, -0.25) is 0 Å². The summed E-state index contributed by atoms with van der Waals surface area (Å²) in [4.78, 5) is 11.0. The molecule has 0 aliphatic carbocycles. The Kier molecular flexibility index (Phi) is 7.90. The van der Waals surface area contributed by atoms with Crippen molar-refractivity contribution in [3.05, 3.63) is 78.4 Å². The monoisotopic (exact) mass is 515 g/mol. The van der Waals surface area contributed by atoms with Crippen LogP contribution in [0.3, 0.4) is 0 Å². The molecular weight excluding hydrogens is 485 g/mol. The van der Waals surface area contributed by atoms with Crippen molar-refractivity contribution in [2.75, 3.05) is 13.1 Å². The van der Waals surface area contributed by atoms with E-state index in [1.807, 2.05) is 12.5 Å². The number of hydrogen-bond donors (Lipinski definition) is 1. The Morgan fingerprint density at radius 1 is 1.17 bits per heavy atom. The molecule has 1 unspecified atom stereocenters. The molecule has 0 spiro atoms. The van der Waals surface area contributed by atoms with Crippen molar-refractivity contribution in [1.29, 1.82) is 0 Å². The standard InChI is InChI=1S/C24H29N5.HI/c1-19-5-4-13-29(16-19)24(25)27-15-22-6-2-3-7-23(22)21-10-8-20(9-11-21)17-28-14-12-26-18-28;/h2-3,6-12,14,18-19H,4-5,13,15-17H2,1H3,(H2,25,27);1H. The Labute approximate surface area is 196 Å². The van der Waals surface area contributed by atoms with E-state index in [2.05, 4.69) is 69.9 Å². The third kappa shape index (κ3) is 5.62. The molecule has 4 rings (SSSR count). The summed E-state index contributed by atoms with van der Waals surface area (Å²) < 4.78 is 2.07. The van der Waals surface area contributed by atoms with Crippen LogP contribution in [0.1, 0.15) is 30.9 Å². The molecule has 1 saturated heterocycles. The Morgan fingerprint density at radius 2 is 1.97 bits per heavy atom. The molecule has 1 atom stereocenters. The van der Waals surface area contributed by atoms with Gasteiger partial charge in [-0.25, -0.2) is 9.98 Å². The molecule has 0 bridgehead atoms. The highest BCUT2D eigenvalue weighted by atomic mass is 127. The fourth-order valence-electron chi connectivity index (χ4n) is 3.98. The number of halogens is 1. The maximum absolute atomic E-state index is 6.30. The predicted molar refractivity (Wildman–Crippen MR) is 134 cm³/mol. The minimum Gasteiger partial charge on any atom is -0.370 e. The van der Waals surface area contributed by atoms with E-state index in [0.717, 1.165) is 19.6 Å². The number of benzene rings is 2. The van der Waals surface area contributed by atoms with Gasteiger partial charge in [-0.15, -0.1) is 24.0 Å². The van der Waals surface area contributed by atoms with Gasteiger partial charge in [0.05, 0.1) is 12.9 Å². The van der Waals surface area contributed by atoms with E-state index in [0.29, 0.717) is 18.4 Å². The van der Waals surface area contributed by atoms with Crippen LogP contribution in [0.25, 0.3) is 11.1 Å². The van der Waals surface area contributed by atoms with E-state index >= 15 is 0 Å². The minimum atomic E-state index is 0. The van der Waals surface area contributed by atoms with Crippen molar-refractivity contribution >= 4 is 29.9 Å². The number of nitrogens with two attached hydrogens (primary N) is 1. The smallest absolute Gasteiger partial charge is 0.191 e. The van der Waals surface area contributed by atoms with Crippen LogP contribution >= 0.6 is 24.0 Å². The number of hydrogen-bond acceptors (Lipinski definition) is 2. The lowest BCUT2D eigenvalue weighted by molar-refractivity contribution is 0.270. The third-order valence-electron chi connectivity index (χ3n) is 5.60. The van der Waals surface area contributed by atoms with Crippen molar-refractivity contribution in [1.82, 2.24) is 14.5 Å². The normalized spacial score (nSPS) is 16.9. The number of imidazole rings is 1. The van der Waals surface area contributed by atoms with Gasteiger partial charge in [0.1, 0.15) is 0 Å². The quantitative estimate of drug-likeness (QED) is 0.303. The maximum atomic E-state index is 6.30. The second-order valence-electron chi connectivity index (χ2n) is 7.96. The zero-order valence-electron chi connectivity index (χ0n) is 17.4. The second kappa shape index (κ2) is 10.6. The number of aromatic nitrogens is 2. The van der Waals surface area contributed by atoms with Crippen molar-refractivity contribution in [2.45, 2.75) is 32.9 Å². The Hall–Kier alpha value is -2.35. The van der Waals surface area contributed by atoms with Crippen molar-refractivity contribution in [3.63, 3.8) is 0 Å². The fourth-order valence-corrected chi connectivity index (χ4v) is 3.98. The zero-order chi connectivity index (χ0) is 20.1. The van der Waals surface area contributed by atoms with Crippen LogP contribution in [0.5, 0.6) is 0 Å². The van der Waals surface area contributed by atoms with Crippen molar-refractivity contribution in [2.24, 2.45) is 16.6 Å². The van der Waals surface area contributed by atoms with Crippen LogP contribution in [0.15, 0.2) is 72.2 Å². The van der Waals surface area contributed by atoms with Crippen LogP contribution < -0.4 is 5.73 Å². The molecule has 1 aliphatic heterocycles. The van der Waals surface area contributed by atoms with Crippen LogP contribution in [-0.4, -0.2) is 33.5 Å². The van der Waals surface area contributed by atoms with Crippen LogP contribution in [-0.2, 0) is 13.1 Å². The molecule has 158 valence electrons. The molecule has 30 heavy (non-hydrogen) atoms. The Morgan fingerprint density at radius 3 is 2.70 bits per heavy atom. The molecule has 0 saturated carbocycles. The van der Waals surface area contributed by atoms with Crippen molar-refractivity contribution < 1.29 is 0 Å². The molecule has 5 nitrogen and oxygen atoms in total. The first-order chi connectivity index (χ1) is 14.2. The van der Waals surface area contributed by atoms with Gasteiger partial charge >= 0.3 is 0 Å². The molecule has 2 heterocycles. The van der Waals surface area contributed by atoms with Crippen LogP contribution in [0, 0.1) is 5.92 Å². The lowest BCUT2D eigenvalue weighted by atomic mass is 9.98. The van der Waals surface area contributed by atoms with Crippen LogP contribution in [0.4, 0.5) is 0 Å². The second-order valence-corrected chi connectivity index (χ2v) is 7.96. The van der Waals surface area contributed by atoms with E-state index < -0.39 is 0 Å². The molecule has 2 N–H and O–H groups in total. The molecule has 1 aliphatic rings. The fraction of sp³-hybridized carbons (Fsp3) is 0.333. The van der Waals surface area contributed by atoms with Gasteiger partial charge in [-0.05, 0) is 41.0 Å². The zero-order valence-corrected chi connectivity index (χ0v) is 19.8. The number of aliphatic imine (C=N–C) groups is 1. The molecular formula is C24H30IN5. The molecule has 1 aromatic heterocycles. The topological polar surface area (TPSA) is 59.4 Å². The predicted octanol–water partition coefficient (Wildman–Crippen LogP) is 4.76. The summed E-state index contributed by atoms with van der Waals surface area (Å²) in [5, 5.41) is 0. The average Bonchev–Trinajstić information content (AvgIpc) is 3.26. The number of guanidine groups is 1. The summed E-state index contributed by atoms with van der Waals surface area (Å²) >= 11 is 0. The number of piperidine rings is 1. The van der Waals surface area contributed by atoms with Gasteiger partial charge in [0.2, 0.25) is 0 Å². The number of likely N-dealkylation sites (tertiary alicyclic amines) is 1. The highest BCUT2D eigenvalue weighted by molar-refractivity contribution is 14.0. The first kappa shape index (κ1) is 22.3. The van der Waals surface area contributed by atoms with Gasteiger partial charge < -0.3 is 15.2 Å². The first-order valence-electron chi connectivity index (χ1n) is 10.4. The highest BCUT2D eigenvalue weighted by Crippen LogP contribution is 2.25. The lowest BCUT2D eigenvalue weighted by Gasteiger charge is -2.31. The van der Waals surface area contributed by atoms with Gasteiger partial charge in [0.25, 0.3) is 0 Å². The van der Waals surface area contributed by atoms with Gasteiger partial charge in [-0.2, -0.15) is 0 Å². The van der Waals surface area contributed by atoms with Crippen molar-refractivity contribution in [3.8, 4) is 11.1 Å². The Bertz CT molecular complexity index is 950. The maximum Gasteiger partial charge on any atom is 0.191 e. The number of rotatable bonds is 5. The average molecular weight is 515 g/mol. The van der Waals surface area contributed by atoms with E-state index in [9.17, 15) is 0 Å². The summed E-state index contributed by atoms with van der Waals surface area (Å²) in [5.74, 6) is 1.35. The van der Waals surface area contributed by atoms with E-state index in [-0.39, 0.29) is 24.0 Å². The summed E-state index contributed by atoms with van der Waals surface area (Å²) in [6.45, 7) is 5.74. The van der Waals surface area contributed by atoms with Gasteiger partial charge in [0.15, 0.2) is 5.96 Å². The molecule has 0 radical (unpaired) electrons. The summed E-state index contributed by atoms with van der Waals surface area (Å²) in [6, 6.07) is 17.2. The summed E-state index contributed by atoms with van der Waals surface area (Å²) in [7, 11) is 0. The minimum absolute atomic E-state index is 0. The van der Waals surface area contributed by atoms with E-state index in [1.54, 1.807) is 6.20 Å². The number of nitrogens with zero attached hydrogens (tertiary/aromatic N) is 4. The molecule has 6 heteroatoms. The first-order valence-corrected chi connectivity index (χ1v) is 10.4. The largest absolute Gasteiger partial charge is 0.370 e. The third-order valence-corrected chi connectivity index (χ3v) is 5.60. The lowest BCUT2D eigenvalue weighted by Crippen LogP contribution is -2.43. The summed E-state index contributed by atoms with van der Waals surface area (Å²) in [5.41, 5.74) is 11.2. The van der Waals surface area contributed by atoms with E-state index in [4.69, 9.17) is 10.7 Å². The summed E-state index contributed by atoms with van der Waals surface area (Å²) in [6.07, 6.45) is 8.10.